The number of halogens is 3. The third-order valence-corrected chi connectivity index (χ3v) is 2.88. The highest BCUT2D eigenvalue weighted by Gasteiger charge is 2.38. The van der Waals surface area contributed by atoms with Gasteiger partial charge in [-0.05, 0) is 37.5 Å². The molecule has 0 saturated heterocycles. The molecule has 0 atom stereocenters. The zero-order chi connectivity index (χ0) is 12.6. The number of nitrogen functional groups attached to an aromatic ring is 1. The minimum atomic E-state index is -4.18. The second-order valence-corrected chi connectivity index (χ2v) is 4.52. The van der Waals surface area contributed by atoms with Crippen molar-refractivity contribution in [1.82, 2.24) is 0 Å². The number of aryl methyl sites for hydroxylation is 1. The summed E-state index contributed by atoms with van der Waals surface area (Å²) in [6.45, 7) is 0.905. The van der Waals surface area contributed by atoms with Crippen molar-refractivity contribution in [3.05, 3.63) is 23.8 Å². The zero-order valence-electron chi connectivity index (χ0n) is 9.59. The van der Waals surface area contributed by atoms with E-state index in [1.165, 1.54) is 4.90 Å². The van der Waals surface area contributed by atoms with Crippen molar-refractivity contribution in [3.8, 4) is 0 Å². The normalized spacial score (nSPS) is 16.0. The van der Waals surface area contributed by atoms with Crippen LogP contribution in [0.1, 0.15) is 18.4 Å². The topological polar surface area (TPSA) is 29.3 Å². The maximum absolute atomic E-state index is 12.5. The molecular weight excluding hydrogens is 229 g/mol. The van der Waals surface area contributed by atoms with Crippen LogP contribution < -0.4 is 10.6 Å². The molecule has 1 aromatic carbocycles. The Morgan fingerprint density at radius 3 is 2.53 bits per heavy atom. The summed E-state index contributed by atoms with van der Waals surface area (Å²) in [7, 11) is 0. The maximum Gasteiger partial charge on any atom is 0.405 e. The molecule has 0 amide bonds. The van der Waals surface area contributed by atoms with Gasteiger partial charge in [0.05, 0.1) is 0 Å². The molecule has 1 aliphatic carbocycles. The molecule has 1 aromatic rings. The van der Waals surface area contributed by atoms with Gasteiger partial charge < -0.3 is 10.6 Å². The largest absolute Gasteiger partial charge is 0.405 e. The van der Waals surface area contributed by atoms with Crippen molar-refractivity contribution >= 4 is 11.4 Å². The Kier molecular flexibility index (Phi) is 2.93. The van der Waals surface area contributed by atoms with Crippen LogP contribution in [0.5, 0.6) is 0 Å². The number of nitrogens with two attached hydrogens (primary N) is 1. The molecule has 0 radical (unpaired) electrons. The fourth-order valence-electron chi connectivity index (χ4n) is 1.93. The van der Waals surface area contributed by atoms with Crippen LogP contribution in [-0.2, 0) is 0 Å². The summed E-state index contributed by atoms with van der Waals surface area (Å²) in [4.78, 5) is 1.42. The van der Waals surface area contributed by atoms with Crippen molar-refractivity contribution in [2.75, 3.05) is 17.2 Å². The summed E-state index contributed by atoms with van der Waals surface area (Å²) in [6.07, 6.45) is -2.53. The summed E-state index contributed by atoms with van der Waals surface area (Å²) in [6, 6.07) is 5.10. The van der Waals surface area contributed by atoms with Crippen molar-refractivity contribution in [3.63, 3.8) is 0 Å². The Morgan fingerprint density at radius 1 is 1.35 bits per heavy atom. The number of alkyl halides is 3. The first-order valence-electron chi connectivity index (χ1n) is 5.56. The van der Waals surface area contributed by atoms with Crippen LogP contribution in [0.15, 0.2) is 18.2 Å². The van der Waals surface area contributed by atoms with Crippen molar-refractivity contribution in [2.45, 2.75) is 32.0 Å². The van der Waals surface area contributed by atoms with Gasteiger partial charge in [0.2, 0.25) is 0 Å². The van der Waals surface area contributed by atoms with Gasteiger partial charge in [-0.25, -0.2) is 0 Å². The first kappa shape index (κ1) is 12.1. The Bertz CT molecular complexity index is 411. The molecule has 0 unspecified atom stereocenters. The third-order valence-electron chi connectivity index (χ3n) is 2.88. The molecule has 0 heterocycles. The van der Waals surface area contributed by atoms with E-state index in [9.17, 15) is 13.2 Å². The number of anilines is 2. The van der Waals surface area contributed by atoms with E-state index >= 15 is 0 Å². The van der Waals surface area contributed by atoms with E-state index < -0.39 is 12.7 Å². The van der Waals surface area contributed by atoms with E-state index in [4.69, 9.17) is 5.73 Å². The first-order valence-corrected chi connectivity index (χ1v) is 5.56. The number of benzene rings is 1. The van der Waals surface area contributed by atoms with Gasteiger partial charge in [0.25, 0.3) is 0 Å². The number of nitrogens with zero attached hydrogens (tertiary/aromatic N) is 1. The van der Waals surface area contributed by atoms with Crippen molar-refractivity contribution in [1.29, 1.82) is 0 Å². The third kappa shape index (κ3) is 3.05. The molecule has 0 spiro atoms. The Balaban J connectivity index is 2.29. The lowest BCUT2D eigenvalue weighted by atomic mass is 10.1. The summed E-state index contributed by atoms with van der Waals surface area (Å²) in [5, 5.41) is 0. The van der Waals surface area contributed by atoms with Crippen LogP contribution in [0.2, 0.25) is 0 Å². The van der Waals surface area contributed by atoms with Gasteiger partial charge in [-0.3, -0.25) is 0 Å². The summed E-state index contributed by atoms with van der Waals surface area (Å²) < 4.78 is 37.6. The molecule has 1 saturated carbocycles. The van der Waals surface area contributed by atoms with Crippen LogP contribution >= 0.6 is 0 Å². The lowest BCUT2D eigenvalue weighted by Crippen LogP contribution is -2.36. The zero-order valence-corrected chi connectivity index (χ0v) is 9.59. The number of rotatable bonds is 3. The predicted molar refractivity (Wildman–Crippen MR) is 62.0 cm³/mol. The average Bonchev–Trinajstić information content (AvgIpc) is 3.00. The Morgan fingerprint density at radius 2 is 2.00 bits per heavy atom. The highest BCUT2D eigenvalue weighted by molar-refractivity contribution is 5.62. The quantitative estimate of drug-likeness (QED) is 0.828. The smallest absolute Gasteiger partial charge is 0.399 e. The van der Waals surface area contributed by atoms with E-state index in [1.54, 1.807) is 25.1 Å². The highest BCUT2D eigenvalue weighted by atomic mass is 19.4. The van der Waals surface area contributed by atoms with Gasteiger partial charge in [0.1, 0.15) is 6.54 Å². The van der Waals surface area contributed by atoms with Gasteiger partial charge in [-0.1, -0.05) is 6.07 Å². The van der Waals surface area contributed by atoms with Crippen LogP contribution in [0, 0.1) is 6.92 Å². The molecule has 0 bridgehead atoms. The van der Waals surface area contributed by atoms with E-state index in [0.29, 0.717) is 11.4 Å². The Labute approximate surface area is 98.2 Å². The van der Waals surface area contributed by atoms with Crippen LogP contribution in [0.3, 0.4) is 0 Å². The molecule has 1 aliphatic rings. The predicted octanol–water partition coefficient (Wildman–Crippen LogP) is 3.11. The maximum atomic E-state index is 12.5. The van der Waals surface area contributed by atoms with Gasteiger partial charge in [0.15, 0.2) is 0 Å². The van der Waals surface area contributed by atoms with Gasteiger partial charge in [0, 0.05) is 17.4 Å². The fraction of sp³-hybridized carbons (Fsp3) is 0.500. The lowest BCUT2D eigenvalue weighted by Gasteiger charge is -2.27. The molecule has 2 rings (SSSR count). The van der Waals surface area contributed by atoms with Crippen LogP contribution in [0.4, 0.5) is 24.5 Å². The monoisotopic (exact) mass is 244 g/mol. The van der Waals surface area contributed by atoms with E-state index in [1.807, 2.05) is 0 Å². The van der Waals surface area contributed by atoms with Gasteiger partial charge in [-0.2, -0.15) is 13.2 Å². The second kappa shape index (κ2) is 4.13. The number of hydrogen-bond donors (Lipinski definition) is 1. The molecule has 17 heavy (non-hydrogen) atoms. The summed E-state index contributed by atoms with van der Waals surface area (Å²) >= 11 is 0. The van der Waals surface area contributed by atoms with E-state index in [-0.39, 0.29) is 6.04 Å². The first-order chi connectivity index (χ1) is 7.87. The average molecular weight is 244 g/mol. The summed E-state index contributed by atoms with van der Waals surface area (Å²) in [5.74, 6) is 0. The molecule has 2 N–H and O–H groups in total. The number of hydrogen-bond acceptors (Lipinski definition) is 2. The Hall–Kier alpha value is -1.39. The molecule has 0 aliphatic heterocycles. The highest BCUT2D eigenvalue weighted by Crippen LogP contribution is 2.36. The molecule has 0 aromatic heterocycles. The van der Waals surface area contributed by atoms with Crippen molar-refractivity contribution < 1.29 is 13.2 Å². The molecular formula is C12H15F3N2. The molecule has 2 nitrogen and oxygen atoms in total. The minimum absolute atomic E-state index is 0.0112. The minimum Gasteiger partial charge on any atom is -0.399 e. The molecule has 5 heteroatoms. The molecule has 94 valence electrons. The van der Waals surface area contributed by atoms with Gasteiger partial charge in [-0.15, -0.1) is 0 Å². The van der Waals surface area contributed by atoms with Crippen molar-refractivity contribution in [2.24, 2.45) is 0 Å². The fourth-order valence-corrected chi connectivity index (χ4v) is 1.93. The summed E-state index contributed by atoms with van der Waals surface area (Å²) in [5.41, 5.74) is 7.57. The SMILES string of the molecule is Cc1ccc(N)cc1N(CC(F)(F)F)C1CC1. The van der Waals surface area contributed by atoms with Gasteiger partial charge >= 0.3 is 6.18 Å². The van der Waals surface area contributed by atoms with E-state index in [0.717, 1.165) is 18.4 Å². The van der Waals surface area contributed by atoms with Crippen LogP contribution in [-0.4, -0.2) is 18.8 Å². The van der Waals surface area contributed by atoms with E-state index in [2.05, 4.69) is 0 Å². The standard InChI is InChI=1S/C12H15F3N2/c1-8-2-3-9(16)6-11(8)17(10-4-5-10)7-12(13,14)15/h2-3,6,10H,4-5,7,16H2,1H3. The lowest BCUT2D eigenvalue weighted by molar-refractivity contribution is -0.120. The molecule has 1 fully saturated rings. The second-order valence-electron chi connectivity index (χ2n) is 4.52. The van der Waals surface area contributed by atoms with Crippen LogP contribution in [0.25, 0.3) is 0 Å².